The molecule has 0 fully saturated rings. The molecule has 0 saturated carbocycles. The van der Waals surface area contributed by atoms with Crippen LogP contribution in [0.2, 0.25) is 0 Å². The van der Waals surface area contributed by atoms with Crippen molar-refractivity contribution in [1.29, 1.82) is 0 Å². The summed E-state index contributed by atoms with van der Waals surface area (Å²) < 4.78 is 22.9. The Labute approximate surface area is 166 Å². The van der Waals surface area contributed by atoms with Crippen molar-refractivity contribution in [2.45, 2.75) is 32.9 Å². The summed E-state index contributed by atoms with van der Waals surface area (Å²) in [5.74, 6) is -1.23. The zero-order valence-corrected chi connectivity index (χ0v) is 16.8. The van der Waals surface area contributed by atoms with Crippen LogP contribution in [0.3, 0.4) is 0 Å². The Bertz CT molecular complexity index is 866. The molecular formula is C16H21N6O6P. The average Bonchev–Trinajstić information content (AvgIpc) is 2.68. The van der Waals surface area contributed by atoms with Crippen molar-refractivity contribution >= 4 is 25.2 Å². The van der Waals surface area contributed by atoms with Crippen molar-refractivity contribution in [3.63, 3.8) is 0 Å². The van der Waals surface area contributed by atoms with E-state index in [1.807, 2.05) is 0 Å². The Morgan fingerprint density at radius 1 is 1.07 bits per heavy atom. The number of nitrogens with one attached hydrogen (secondary N) is 1. The lowest BCUT2D eigenvalue weighted by Crippen LogP contribution is -2.13. The maximum atomic E-state index is 12.5. The number of carboxylic acid groups (broad SMARTS) is 1. The van der Waals surface area contributed by atoms with E-state index in [0.29, 0.717) is 11.4 Å². The third-order valence-electron chi connectivity index (χ3n) is 3.35. The van der Waals surface area contributed by atoms with Crippen LogP contribution >= 0.6 is 7.60 Å². The minimum Gasteiger partial charge on any atom is -0.481 e. The zero-order valence-electron chi connectivity index (χ0n) is 15.9. The van der Waals surface area contributed by atoms with Crippen molar-refractivity contribution in [1.82, 2.24) is 25.4 Å². The second-order valence-corrected chi connectivity index (χ2v) is 7.67. The van der Waals surface area contributed by atoms with Gasteiger partial charge in [0.1, 0.15) is 11.9 Å². The van der Waals surface area contributed by atoms with Crippen LogP contribution in [0.5, 0.6) is 0 Å². The molecule has 0 aliphatic rings. The van der Waals surface area contributed by atoms with Crippen LogP contribution in [-0.2, 0) is 29.4 Å². The van der Waals surface area contributed by atoms with Crippen LogP contribution < -0.4 is 5.32 Å². The summed E-state index contributed by atoms with van der Waals surface area (Å²) in [4.78, 5) is 26.2. The van der Waals surface area contributed by atoms with Crippen LogP contribution in [0, 0.1) is 0 Å². The number of nitrogens with zero attached hydrogens (tertiary/aromatic N) is 5. The van der Waals surface area contributed by atoms with E-state index in [0.717, 1.165) is 0 Å². The van der Waals surface area contributed by atoms with Gasteiger partial charge in [0.25, 0.3) is 0 Å². The summed E-state index contributed by atoms with van der Waals surface area (Å²) in [5.41, 5.74) is 0.758. The number of pyridine rings is 1. The molecule has 0 bridgehead atoms. The topological polar surface area (TPSA) is 166 Å². The summed E-state index contributed by atoms with van der Waals surface area (Å²) in [7, 11) is -3.36. The third-order valence-corrected chi connectivity index (χ3v) is 5.32. The normalized spacial score (nSPS) is 11.2. The first kappa shape index (κ1) is 22.5. The van der Waals surface area contributed by atoms with Gasteiger partial charge < -0.3 is 19.5 Å². The lowest BCUT2D eigenvalue weighted by atomic mass is 10.3. The van der Waals surface area contributed by atoms with E-state index in [-0.39, 0.29) is 43.9 Å². The van der Waals surface area contributed by atoms with Crippen molar-refractivity contribution < 1.29 is 28.3 Å². The average molecular weight is 424 g/mol. The van der Waals surface area contributed by atoms with Gasteiger partial charge in [0.05, 0.1) is 31.5 Å². The van der Waals surface area contributed by atoms with Crippen LogP contribution in [0.25, 0.3) is 11.5 Å². The fourth-order valence-electron chi connectivity index (χ4n) is 2.16. The molecule has 2 N–H and O–H groups in total. The van der Waals surface area contributed by atoms with Gasteiger partial charge in [0.2, 0.25) is 11.7 Å². The molecule has 12 nitrogen and oxygen atoms in total. The minimum atomic E-state index is -3.36. The number of aromatic nitrogens is 5. The Hall–Kier alpha value is -2.82. The van der Waals surface area contributed by atoms with Gasteiger partial charge in [-0.15, -0.1) is 20.4 Å². The van der Waals surface area contributed by atoms with Gasteiger partial charge in [-0.05, 0) is 26.0 Å². The first-order valence-corrected chi connectivity index (χ1v) is 10.5. The molecule has 2 rings (SSSR count). The molecule has 0 atom stereocenters. The molecule has 0 saturated heterocycles. The summed E-state index contributed by atoms with van der Waals surface area (Å²) in [6.07, 6.45) is 0.838. The molecule has 0 radical (unpaired) electrons. The largest absolute Gasteiger partial charge is 0.481 e. The third kappa shape index (κ3) is 7.26. The van der Waals surface area contributed by atoms with Crippen molar-refractivity contribution in [3.8, 4) is 11.5 Å². The molecule has 0 aliphatic heterocycles. The molecule has 1 amide bonds. The van der Waals surface area contributed by atoms with Gasteiger partial charge in [-0.25, -0.2) is 0 Å². The van der Waals surface area contributed by atoms with Crippen LogP contribution in [0.4, 0.5) is 5.69 Å². The van der Waals surface area contributed by atoms with Crippen LogP contribution in [-0.4, -0.2) is 55.6 Å². The fraction of sp³-hybridized carbons (Fsp3) is 0.438. The second-order valence-electron chi connectivity index (χ2n) is 5.62. The molecule has 2 aromatic rings. The van der Waals surface area contributed by atoms with Gasteiger partial charge in [0.15, 0.2) is 5.82 Å². The standard InChI is InChI=1S/C16H21N6O6P/c1-3-27-29(26,28-4-2)10-13-19-21-16(22-20-13)12-6-5-11(9-17-12)18-14(23)7-8-15(24)25/h5-6,9H,3-4,7-8,10H2,1-2H3,(H,18,23)(H,24,25). The molecule has 0 unspecified atom stereocenters. The summed E-state index contributed by atoms with van der Waals surface area (Å²) >= 11 is 0. The number of hydrogen-bond acceptors (Lipinski definition) is 10. The first-order chi connectivity index (χ1) is 13.8. The number of amides is 1. The highest BCUT2D eigenvalue weighted by Crippen LogP contribution is 2.50. The molecule has 29 heavy (non-hydrogen) atoms. The molecule has 13 heteroatoms. The number of hydrogen-bond donors (Lipinski definition) is 2. The van der Waals surface area contributed by atoms with Crippen molar-refractivity contribution in [2.75, 3.05) is 18.5 Å². The quantitative estimate of drug-likeness (QED) is 0.506. The Balaban J connectivity index is 2.01. The number of carboxylic acids is 1. The highest BCUT2D eigenvalue weighted by Gasteiger charge is 2.26. The van der Waals surface area contributed by atoms with Crippen molar-refractivity contribution in [2.24, 2.45) is 0 Å². The van der Waals surface area contributed by atoms with Gasteiger partial charge in [-0.2, -0.15) is 0 Å². The van der Waals surface area contributed by atoms with E-state index in [2.05, 4.69) is 30.7 Å². The second kappa shape index (κ2) is 10.6. The number of carbonyl (C=O) groups is 2. The summed E-state index contributed by atoms with van der Waals surface area (Å²) in [6, 6.07) is 3.12. The summed E-state index contributed by atoms with van der Waals surface area (Å²) in [5, 5.41) is 26.8. The van der Waals surface area contributed by atoms with Crippen LogP contribution in [0.1, 0.15) is 32.5 Å². The van der Waals surface area contributed by atoms with E-state index in [1.54, 1.807) is 26.0 Å². The molecule has 0 aromatic carbocycles. The van der Waals surface area contributed by atoms with E-state index in [4.69, 9.17) is 14.2 Å². The van der Waals surface area contributed by atoms with Crippen LogP contribution in [0.15, 0.2) is 18.3 Å². The lowest BCUT2D eigenvalue weighted by Gasteiger charge is -2.15. The first-order valence-electron chi connectivity index (χ1n) is 8.77. The lowest BCUT2D eigenvalue weighted by molar-refractivity contribution is -0.138. The van der Waals surface area contributed by atoms with Gasteiger partial charge >= 0.3 is 13.6 Å². The molecular weight excluding hydrogens is 403 g/mol. The Morgan fingerprint density at radius 3 is 2.24 bits per heavy atom. The number of aliphatic carboxylic acids is 1. The molecule has 156 valence electrons. The van der Waals surface area contributed by atoms with Gasteiger partial charge in [-0.1, -0.05) is 0 Å². The number of carbonyl (C=O) groups excluding carboxylic acids is 1. The summed E-state index contributed by atoms with van der Waals surface area (Å²) in [6.45, 7) is 3.85. The zero-order chi connectivity index (χ0) is 21.3. The monoisotopic (exact) mass is 424 g/mol. The predicted octanol–water partition coefficient (Wildman–Crippen LogP) is 1.90. The molecule has 2 aromatic heterocycles. The predicted molar refractivity (Wildman–Crippen MR) is 101 cm³/mol. The maximum Gasteiger partial charge on any atom is 0.338 e. The maximum absolute atomic E-state index is 12.5. The van der Waals surface area contributed by atoms with Gasteiger partial charge in [-0.3, -0.25) is 19.1 Å². The fourth-order valence-corrected chi connectivity index (χ4v) is 3.67. The number of rotatable bonds is 11. The van der Waals surface area contributed by atoms with E-state index in [1.165, 1.54) is 6.20 Å². The van der Waals surface area contributed by atoms with E-state index in [9.17, 15) is 14.2 Å². The Kier molecular flexibility index (Phi) is 8.25. The molecule has 0 aliphatic carbocycles. The highest BCUT2D eigenvalue weighted by atomic mass is 31.2. The highest BCUT2D eigenvalue weighted by molar-refractivity contribution is 7.53. The minimum absolute atomic E-state index is 0.112. The van der Waals surface area contributed by atoms with E-state index < -0.39 is 19.5 Å². The van der Waals surface area contributed by atoms with Crippen molar-refractivity contribution in [3.05, 3.63) is 24.2 Å². The smallest absolute Gasteiger partial charge is 0.338 e. The molecule has 0 spiro atoms. The van der Waals surface area contributed by atoms with Gasteiger partial charge in [0, 0.05) is 6.42 Å². The molecule has 2 heterocycles. The Morgan fingerprint density at radius 2 is 1.72 bits per heavy atom. The number of anilines is 1. The SMILES string of the molecule is CCOP(=O)(Cc1nnc(-c2ccc(NC(=O)CCC(=O)O)cn2)nn1)OCC. The van der Waals surface area contributed by atoms with E-state index >= 15 is 0 Å².